The molecule has 0 aliphatic heterocycles. The van der Waals surface area contributed by atoms with E-state index in [4.69, 9.17) is 28.4 Å². The van der Waals surface area contributed by atoms with Gasteiger partial charge in [-0.15, -0.1) is 0 Å². The third kappa shape index (κ3) is 11.8. The minimum atomic E-state index is -0.0380. The average Bonchev–Trinajstić information content (AvgIpc) is 2.78. The topological polar surface area (TPSA) is 55.4 Å². The smallest absolute Gasteiger partial charge is 0.118 e. The van der Waals surface area contributed by atoms with E-state index >= 15 is 0 Å². The van der Waals surface area contributed by atoms with E-state index in [9.17, 15) is 0 Å². The first-order valence-corrected chi connectivity index (χ1v) is 11.2. The van der Waals surface area contributed by atoms with Crippen LogP contribution in [0, 0.1) is 0 Å². The zero-order valence-corrected chi connectivity index (χ0v) is 20.9. The van der Waals surface area contributed by atoms with Crippen molar-refractivity contribution in [2.45, 2.75) is 59.0 Å². The van der Waals surface area contributed by atoms with Crippen LogP contribution in [0.3, 0.4) is 0 Å². The molecule has 0 amide bonds. The minimum Gasteiger partial charge on any atom is -0.496 e. The highest BCUT2D eigenvalue weighted by Gasteiger charge is 2.09. The Morgan fingerprint density at radius 1 is 0.750 bits per heavy atom. The molecule has 182 valence electrons. The lowest BCUT2D eigenvalue weighted by Gasteiger charge is -2.18. The van der Waals surface area contributed by atoms with E-state index in [1.165, 1.54) is 0 Å². The average molecular weight is 451 g/mol. The molecule has 0 N–H and O–H groups in total. The molecule has 1 aromatic carbocycles. The lowest BCUT2D eigenvalue weighted by atomic mass is 10.0. The number of methoxy groups -OCH3 is 2. The summed E-state index contributed by atoms with van der Waals surface area (Å²) in [5.74, 6) is 0. The summed E-state index contributed by atoms with van der Waals surface area (Å²) in [6.07, 6.45) is 1.83. The molecule has 4 unspecified atom stereocenters. The van der Waals surface area contributed by atoms with Crippen molar-refractivity contribution in [3.05, 3.63) is 48.2 Å². The van der Waals surface area contributed by atoms with Crippen LogP contribution < -0.4 is 0 Å². The van der Waals surface area contributed by atoms with Crippen LogP contribution in [0.1, 0.15) is 45.7 Å². The van der Waals surface area contributed by atoms with Crippen molar-refractivity contribution >= 4 is 11.1 Å². The highest BCUT2D eigenvalue weighted by molar-refractivity contribution is 5.68. The molecule has 0 radical (unpaired) electrons. The summed E-state index contributed by atoms with van der Waals surface area (Å²) in [7, 11) is 3.34. The molecule has 0 bridgehead atoms. The standard InChI is InChI=1S/C26H42O6/c1-19(13-29-23(5)17-31-21(3)15-27-7)25-9-11-26(12-10-25)20(2)14-30-24(6)18-32-22(4)16-28-8/h9-12,14,21-24H,1,13,15-18H2,2-8H3. The van der Waals surface area contributed by atoms with Gasteiger partial charge in [-0.1, -0.05) is 30.8 Å². The Bertz CT molecular complexity index is 669. The molecule has 0 aromatic heterocycles. The molecule has 0 fully saturated rings. The summed E-state index contributed by atoms with van der Waals surface area (Å²) in [5.41, 5.74) is 4.13. The maximum Gasteiger partial charge on any atom is 0.118 e. The van der Waals surface area contributed by atoms with E-state index in [0.29, 0.717) is 33.0 Å². The quantitative estimate of drug-likeness (QED) is 0.312. The second-order valence-corrected chi connectivity index (χ2v) is 8.25. The van der Waals surface area contributed by atoms with Gasteiger partial charge in [0.05, 0.1) is 57.6 Å². The van der Waals surface area contributed by atoms with Crippen LogP contribution in [0.15, 0.2) is 37.1 Å². The van der Waals surface area contributed by atoms with Crippen molar-refractivity contribution in [1.29, 1.82) is 0 Å². The lowest BCUT2D eigenvalue weighted by Crippen LogP contribution is -2.23. The molecular formula is C26H42O6. The van der Waals surface area contributed by atoms with Gasteiger partial charge in [-0.05, 0) is 56.9 Å². The van der Waals surface area contributed by atoms with Gasteiger partial charge in [0.15, 0.2) is 0 Å². The molecule has 6 nitrogen and oxygen atoms in total. The highest BCUT2D eigenvalue weighted by atomic mass is 16.6. The number of benzene rings is 1. The van der Waals surface area contributed by atoms with Crippen LogP contribution in [0.4, 0.5) is 0 Å². The summed E-state index contributed by atoms with van der Waals surface area (Å²) < 4.78 is 33.2. The van der Waals surface area contributed by atoms with Crippen LogP contribution >= 0.6 is 0 Å². The Morgan fingerprint density at radius 3 is 1.75 bits per heavy atom. The molecule has 32 heavy (non-hydrogen) atoms. The number of ether oxygens (including phenoxy) is 6. The molecule has 6 heteroatoms. The molecule has 0 heterocycles. The molecule has 1 aromatic rings. The van der Waals surface area contributed by atoms with E-state index in [2.05, 4.69) is 30.8 Å². The van der Waals surface area contributed by atoms with Gasteiger partial charge in [0.2, 0.25) is 0 Å². The van der Waals surface area contributed by atoms with E-state index in [1.54, 1.807) is 20.5 Å². The number of rotatable bonds is 17. The maximum atomic E-state index is 5.87. The predicted molar refractivity (Wildman–Crippen MR) is 130 cm³/mol. The molecule has 0 spiro atoms. The predicted octanol–water partition coefficient (Wildman–Crippen LogP) is 4.97. The zero-order valence-electron chi connectivity index (χ0n) is 20.9. The molecule has 0 saturated heterocycles. The number of allylic oxidation sites excluding steroid dienone is 1. The first-order chi connectivity index (χ1) is 15.3. The van der Waals surface area contributed by atoms with Gasteiger partial charge < -0.3 is 28.4 Å². The molecule has 0 aliphatic carbocycles. The number of hydrogen-bond acceptors (Lipinski definition) is 6. The fraction of sp³-hybridized carbons (Fsp3) is 0.615. The largest absolute Gasteiger partial charge is 0.496 e. The van der Waals surface area contributed by atoms with Crippen molar-refractivity contribution in [3.8, 4) is 0 Å². The molecule has 4 atom stereocenters. The Kier molecular flexibility index (Phi) is 14.2. The third-order valence-electron chi connectivity index (χ3n) is 4.80. The van der Waals surface area contributed by atoms with Crippen molar-refractivity contribution in [1.82, 2.24) is 0 Å². The van der Waals surface area contributed by atoms with Crippen molar-refractivity contribution in [3.63, 3.8) is 0 Å². The number of hydrogen-bond donors (Lipinski definition) is 0. The fourth-order valence-corrected chi connectivity index (χ4v) is 2.83. The normalized spacial score (nSPS) is 15.8. The second-order valence-electron chi connectivity index (χ2n) is 8.25. The SMILES string of the molecule is C=C(COC(C)COC(C)COC)c1ccc(C(C)=COC(C)COC(C)COC)cc1. The van der Waals surface area contributed by atoms with Crippen LogP contribution in [-0.4, -0.2) is 71.7 Å². The third-order valence-corrected chi connectivity index (χ3v) is 4.80. The Hall–Kier alpha value is -1.70. The lowest BCUT2D eigenvalue weighted by molar-refractivity contribution is -0.0443. The van der Waals surface area contributed by atoms with Crippen LogP contribution in [-0.2, 0) is 28.4 Å². The van der Waals surface area contributed by atoms with Crippen LogP contribution in [0.5, 0.6) is 0 Å². The van der Waals surface area contributed by atoms with Crippen molar-refractivity contribution in [2.24, 2.45) is 0 Å². The van der Waals surface area contributed by atoms with Gasteiger partial charge in [0.1, 0.15) is 6.10 Å². The highest BCUT2D eigenvalue weighted by Crippen LogP contribution is 2.19. The monoisotopic (exact) mass is 450 g/mol. The molecular weight excluding hydrogens is 408 g/mol. The Labute approximate surface area is 194 Å². The van der Waals surface area contributed by atoms with Crippen molar-refractivity contribution < 1.29 is 28.4 Å². The van der Waals surface area contributed by atoms with Gasteiger partial charge in [0, 0.05) is 14.2 Å². The molecule has 0 aliphatic rings. The van der Waals surface area contributed by atoms with E-state index < -0.39 is 0 Å². The van der Waals surface area contributed by atoms with Crippen LogP contribution in [0.2, 0.25) is 0 Å². The van der Waals surface area contributed by atoms with Gasteiger partial charge in [-0.25, -0.2) is 0 Å². The summed E-state index contributed by atoms with van der Waals surface area (Å²) in [6.45, 7) is 16.8. The summed E-state index contributed by atoms with van der Waals surface area (Å²) in [4.78, 5) is 0. The summed E-state index contributed by atoms with van der Waals surface area (Å²) in [6, 6.07) is 8.24. The van der Waals surface area contributed by atoms with Crippen LogP contribution in [0.25, 0.3) is 11.1 Å². The van der Waals surface area contributed by atoms with Gasteiger partial charge in [-0.2, -0.15) is 0 Å². The molecule has 0 saturated carbocycles. The zero-order chi connectivity index (χ0) is 23.9. The van der Waals surface area contributed by atoms with Gasteiger partial charge >= 0.3 is 0 Å². The fourth-order valence-electron chi connectivity index (χ4n) is 2.83. The summed E-state index contributed by atoms with van der Waals surface area (Å²) in [5, 5.41) is 0. The first-order valence-electron chi connectivity index (χ1n) is 11.2. The van der Waals surface area contributed by atoms with E-state index in [0.717, 1.165) is 22.3 Å². The first kappa shape index (κ1) is 28.3. The maximum absolute atomic E-state index is 5.87. The van der Waals surface area contributed by atoms with E-state index in [-0.39, 0.29) is 24.4 Å². The second kappa shape index (κ2) is 16.0. The Morgan fingerprint density at radius 2 is 1.22 bits per heavy atom. The van der Waals surface area contributed by atoms with Crippen molar-refractivity contribution in [2.75, 3.05) is 47.3 Å². The van der Waals surface area contributed by atoms with E-state index in [1.807, 2.05) is 34.6 Å². The molecule has 1 rings (SSSR count). The van der Waals surface area contributed by atoms with Gasteiger partial charge in [-0.3, -0.25) is 0 Å². The summed E-state index contributed by atoms with van der Waals surface area (Å²) >= 11 is 0. The minimum absolute atomic E-state index is 0.0175. The van der Waals surface area contributed by atoms with Gasteiger partial charge in [0.25, 0.3) is 0 Å². The Balaban J connectivity index is 2.45.